The van der Waals surface area contributed by atoms with Crippen molar-refractivity contribution in [2.24, 2.45) is 5.92 Å². The number of aliphatic hydroxyl groups is 2. The van der Waals surface area contributed by atoms with Gasteiger partial charge in [-0.25, -0.2) is 4.79 Å². The molecule has 1 unspecified atom stereocenters. The van der Waals surface area contributed by atoms with Crippen LogP contribution in [-0.2, 0) is 35.2 Å². The molecule has 6 N–H and O–H groups in total. The molecule has 2 atom stereocenters. The average molecular weight is 639 g/mol. The zero-order valence-corrected chi connectivity index (χ0v) is 27.7. The summed E-state index contributed by atoms with van der Waals surface area (Å²) in [6.07, 6.45) is 2.10. The molecule has 1 aromatic rings. The van der Waals surface area contributed by atoms with Crippen molar-refractivity contribution in [2.75, 3.05) is 44.8 Å². The Morgan fingerprint density at radius 3 is 2.18 bits per heavy atom. The van der Waals surface area contributed by atoms with Crippen LogP contribution >= 0.6 is 0 Å². The van der Waals surface area contributed by atoms with Crippen LogP contribution in [-0.4, -0.2) is 90.8 Å². The molecule has 45 heavy (non-hydrogen) atoms. The SMILES string of the molecule is CC(CCOC(C)(C)CCO)CNC(=O)COCC(=O)N[C@@H](CCCCNC(=O)OC(C)(C)C)C(=O)Nc1ccc(CO)cc1. The first-order chi connectivity index (χ1) is 21.1. The van der Waals surface area contributed by atoms with E-state index in [2.05, 4.69) is 21.3 Å². The summed E-state index contributed by atoms with van der Waals surface area (Å²) in [5.74, 6) is -1.20. The molecule has 13 nitrogen and oxygen atoms in total. The molecular formula is C32H54N4O9. The van der Waals surface area contributed by atoms with Crippen molar-refractivity contribution in [3.05, 3.63) is 29.8 Å². The molecule has 1 aromatic carbocycles. The van der Waals surface area contributed by atoms with Gasteiger partial charge in [-0.15, -0.1) is 0 Å². The van der Waals surface area contributed by atoms with E-state index in [0.29, 0.717) is 56.6 Å². The Kier molecular flexibility index (Phi) is 18.3. The highest BCUT2D eigenvalue weighted by molar-refractivity contribution is 5.97. The Morgan fingerprint density at radius 1 is 0.889 bits per heavy atom. The second-order valence-electron chi connectivity index (χ2n) is 12.7. The van der Waals surface area contributed by atoms with Crippen LogP contribution in [0, 0.1) is 5.92 Å². The molecule has 0 fully saturated rings. The van der Waals surface area contributed by atoms with E-state index in [0.717, 1.165) is 6.42 Å². The number of carbonyl (C=O) groups is 4. The Balaban J connectivity index is 2.52. The van der Waals surface area contributed by atoms with Crippen molar-refractivity contribution in [2.45, 2.75) is 97.5 Å². The van der Waals surface area contributed by atoms with E-state index in [-0.39, 0.29) is 31.6 Å². The first-order valence-electron chi connectivity index (χ1n) is 15.5. The Hall–Kier alpha value is -3.26. The largest absolute Gasteiger partial charge is 0.444 e. The summed E-state index contributed by atoms with van der Waals surface area (Å²) in [4.78, 5) is 49.7. The second kappa shape index (κ2) is 20.7. The number of hydrogen-bond acceptors (Lipinski definition) is 9. The normalized spacial score (nSPS) is 13.0. The Bertz CT molecular complexity index is 1040. The minimum atomic E-state index is -0.889. The highest BCUT2D eigenvalue weighted by atomic mass is 16.6. The van der Waals surface area contributed by atoms with Crippen molar-refractivity contribution in [3.8, 4) is 0 Å². The molecule has 0 aromatic heterocycles. The zero-order valence-electron chi connectivity index (χ0n) is 27.7. The summed E-state index contributed by atoms with van der Waals surface area (Å²) in [5.41, 5.74) is 0.183. The van der Waals surface area contributed by atoms with Gasteiger partial charge < -0.3 is 45.7 Å². The highest BCUT2D eigenvalue weighted by Gasteiger charge is 2.22. The molecular weight excluding hydrogens is 584 g/mol. The number of nitrogens with one attached hydrogen (secondary N) is 4. The van der Waals surface area contributed by atoms with Crippen molar-refractivity contribution in [1.82, 2.24) is 16.0 Å². The summed E-state index contributed by atoms with van der Waals surface area (Å²) in [6.45, 7) is 11.6. The van der Waals surface area contributed by atoms with E-state index in [1.54, 1.807) is 45.0 Å². The van der Waals surface area contributed by atoms with Gasteiger partial charge in [-0.2, -0.15) is 0 Å². The molecule has 0 aliphatic carbocycles. The van der Waals surface area contributed by atoms with Gasteiger partial charge in [0, 0.05) is 32.0 Å². The number of amides is 4. The van der Waals surface area contributed by atoms with Crippen LogP contribution in [0.1, 0.15) is 79.2 Å². The molecule has 256 valence electrons. The lowest BCUT2D eigenvalue weighted by molar-refractivity contribution is -0.133. The number of anilines is 1. The summed E-state index contributed by atoms with van der Waals surface area (Å²) >= 11 is 0. The number of alkyl carbamates (subject to hydrolysis) is 1. The van der Waals surface area contributed by atoms with E-state index >= 15 is 0 Å². The average Bonchev–Trinajstić information content (AvgIpc) is 2.94. The van der Waals surface area contributed by atoms with Gasteiger partial charge >= 0.3 is 6.09 Å². The van der Waals surface area contributed by atoms with Gasteiger partial charge in [-0.3, -0.25) is 14.4 Å². The van der Waals surface area contributed by atoms with Gasteiger partial charge in [-0.05, 0) is 90.3 Å². The third kappa shape index (κ3) is 19.7. The van der Waals surface area contributed by atoms with Crippen LogP contribution in [0.15, 0.2) is 24.3 Å². The van der Waals surface area contributed by atoms with Gasteiger partial charge in [0.15, 0.2) is 0 Å². The molecule has 0 spiro atoms. The second-order valence-corrected chi connectivity index (χ2v) is 12.7. The molecule has 0 saturated carbocycles. The summed E-state index contributed by atoms with van der Waals surface area (Å²) in [5, 5.41) is 29.2. The van der Waals surface area contributed by atoms with Crippen LogP contribution < -0.4 is 21.3 Å². The maximum absolute atomic E-state index is 13.0. The fourth-order valence-electron chi connectivity index (χ4n) is 3.96. The summed E-state index contributed by atoms with van der Waals surface area (Å²) in [7, 11) is 0. The van der Waals surface area contributed by atoms with Crippen molar-refractivity contribution in [1.29, 1.82) is 0 Å². The first kappa shape index (κ1) is 39.8. The van der Waals surface area contributed by atoms with Crippen LogP contribution in [0.2, 0.25) is 0 Å². The van der Waals surface area contributed by atoms with E-state index in [9.17, 15) is 24.3 Å². The maximum atomic E-state index is 13.0. The van der Waals surface area contributed by atoms with Gasteiger partial charge in [0.25, 0.3) is 0 Å². The van der Waals surface area contributed by atoms with Crippen molar-refractivity contribution >= 4 is 29.5 Å². The molecule has 0 aliphatic rings. The number of benzene rings is 1. The smallest absolute Gasteiger partial charge is 0.407 e. The number of carbonyl (C=O) groups excluding carboxylic acids is 4. The van der Waals surface area contributed by atoms with Crippen LogP contribution in [0.25, 0.3) is 0 Å². The fraction of sp³-hybridized carbons (Fsp3) is 0.688. The predicted octanol–water partition coefficient (Wildman–Crippen LogP) is 2.63. The third-order valence-corrected chi connectivity index (χ3v) is 6.57. The molecule has 0 saturated heterocycles. The number of rotatable bonds is 21. The maximum Gasteiger partial charge on any atom is 0.407 e. The minimum Gasteiger partial charge on any atom is -0.444 e. The molecule has 0 radical (unpaired) electrons. The van der Waals surface area contributed by atoms with Crippen molar-refractivity contribution in [3.63, 3.8) is 0 Å². The predicted molar refractivity (Wildman–Crippen MR) is 170 cm³/mol. The molecule has 0 aliphatic heterocycles. The number of ether oxygens (including phenoxy) is 3. The number of unbranched alkanes of at least 4 members (excludes halogenated alkanes) is 1. The van der Waals surface area contributed by atoms with Crippen LogP contribution in [0.4, 0.5) is 10.5 Å². The quantitative estimate of drug-likeness (QED) is 0.110. The lowest BCUT2D eigenvalue weighted by atomic mass is 10.1. The molecule has 0 heterocycles. The van der Waals surface area contributed by atoms with Gasteiger partial charge in [-0.1, -0.05) is 19.1 Å². The lowest BCUT2D eigenvalue weighted by Gasteiger charge is -2.25. The van der Waals surface area contributed by atoms with Gasteiger partial charge in [0.1, 0.15) is 24.9 Å². The molecule has 4 amide bonds. The van der Waals surface area contributed by atoms with Crippen LogP contribution in [0.5, 0.6) is 0 Å². The Labute approximate surface area is 267 Å². The van der Waals surface area contributed by atoms with E-state index < -0.39 is 41.8 Å². The monoisotopic (exact) mass is 638 g/mol. The standard InChI is InChI=1S/C32H54N4O9/c1-23(14-18-44-32(5,6)15-17-37)19-34-27(39)21-43-22-28(40)36-26(9-7-8-16-33-30(42)45-31(2,3)4)29(41)35-25-12-10-24(20-38)11-13-25/h10-13,23,26,37-38H,7-9,14-22H2,1-6H3,(H,33,42)(H,34,39)(H,35,41)(H,36,40)/t23?,26-/m0/s1. The third-order valence-electron chi connectivity index (χ3n) is 6.57. The summed E-state index contributed by atoms with van der Waals surface area (Å²) in [6, 6.07) is 5.78. The molecule has 1 rings (SSSR count). The van der Waals surface area contributed by atoms with Crippen molar-refractivity contribution < 1.29 is 43.6 Å². The zero-order chi connectivity index (χ0) is 33.9. The molecule has 0 bridgehead atoms. The summed E-state index contributed by atoms with van der Waals surface area (Å²) < 4.78 is 16.3. The molecule has 13 heteroatoms. The van der Waals surface area contributed by atoms with E-state index in [1.165, 1.54) is 0 Å². The van der Waals surface area contributed by atoms with E-state index in [4.69, 9.17) is 19.3 Å². The lowest BCUT2D eigenvalue weighted by Crippen LogP contribution is -2.45. The fourth-order valence-corrected chi connectivity index (χ4v) is 3.96. The minimum absolute atomic E-state index is 0.0556. The van der Waals surface area contributed by atoms with Gasteiger partial charge in [0.2, 0.25) is 17.7 Å². The van der Waals surface area contributed by atoms with E-state index in [1.807, 2.05) is 20.8 Å². The van der Waals surface area contributed by atoms with Crippen LogP contribution in [0.3, 0.4) is 0 Å². The van der Waals surface area contributed by atoms with Gasteiger partial charge in [0.05, 0.1) is 12.2 Å². The Morgan fingerprint density at radius 2 is 1.56 bits per heavy atom. The number of hydrogen-bond donors (Lipinski definition) is 6. The first-order valence-corrected chi connectivity index (χ1v) is 15.5. The highest BCUT2D eigenvalue weighted by Crippen LogP contribution is 2.15. The topological polar surface area (TPSA) is 185 Å². The number of aliphatic hydroxyl groups excluding tert-OH is 2.